The van der Waals surface area contributed by atoms with Crippen molar-refractivity contribution in [3.63, 3.8) is 0 Å². The maximum atomic E-state index is 14.4. The van der Waals surface area contributed by atoms with Gasteiger partial charge in [0.15, 0.2) is 10.9 Å². The summed E-state index contributed by atoms with van der Waals surface area (Å²) < 4.78 is 33.7. The molecule has 0 aliphatic carbocycles. The predicted octanol–water partition coefficient (Wildman–Crippen LogP) is 5.53. The summed E-state index contributed by atoms with van der Waals surface area (Å²) in [5.74, 6) is -3.51. The highest BCUT2D eigenvalue weighted by atomic mass is 32.1. The van der Waals surface area contributed by atoms with Gasteiger partial charge in [0.2, 0.25) is 0 Å². The molecule has 1 aliphatic heterocycles. The number of aryl methyl sites for hydroxylation is 2. The van der Waals surface area contributed by atoms with Crippen LogP contribution in [0.1, 0.15) is 28.3 Å². The van der Waals surface area contributed by atoms with Crippen molar-refractivity contribution < 1.29 is 33.3 Å². The van der Waals surface area contributed by atoms with E-state index in [1.165, 1.54) is 31.4 Å². The Labute approximate surface area is 213 Å². The number of fused-ring (bicyclic) bond motifs is 1. The number of phenols is 1. The summed E-state index contributed by atoms with van der Waals surface area (Å²) in [4.78, 5) is 32.0. The Morgan fingerprint density at radius 3 is 2.43 bits per heavy atom. The fourth-order valence-electron chi connectivity index (χ4n) is 4.46. The van der Waals surface area contributed by atoms with Crippen LogP contribution in [-0.2, 0) is 9.59 Å². The van der Waals surface area contributed by atoms with Gasteiger partial charge in [-0.1, -0.05) is 23.5 Å². The first-order valence-electron chi connectivity index (χ1n) is 11.1. The number of aromatic hydroxyl groups is 1. The average molecular weight is 523 g/mol. The van der Waals surface area contributed by atoms with E-state index in [0.29, 0.717) is 34.1 Å². The summed E-state index contributed by atoms with van der Waals surface area (Å²) >= 11 is 0.842. The van der Waals surface area contributed by atoms with Crippen LogP contribution in [0.5, 0.6) is 11.5 Å². The molecule has 1 aliphatic rings. The van der Waals surface area contributed by atoms with Crippen molar-refractivity contribution in [2.45, 2.75) is 19.9 Å². The number of phenolic OH excluding ortho intramolecular Hbond substituents is 1. The van der Waals surface area contributed by atoms with E-state index in [1.54, 1.807) is 26.0 Å². The van der Waals surface area contributed by atoms with Gasteiger partial charge in [0.25, 0.3) is 5.78 Å². The second-order valence-electron chi connectivity index (χ2n) is 8.63. The van der Waals surface area contributed by atoms with E-state index in [1.807, 2.05) is 0 Å². The Morgan fingerprint density at radius 1 is 1.05 bits per heavy atom. The summed E-state index contributed by atoms with van der Waals surface area (Å²) in [6.45, 7) is 3.51. The molecule has 1 aromatic heterocycles. The number of aromatic nitrogens is 1. The molecule has 188 valence electrons. The number of ether oxygens (including phenoxy) is 1. The fraction of sp³-hybridized carbons (Fsp3) is 0.148. The first kappa shape index (κ1) is 24.4. The third kappa shape index (κ3) is 3.99. The van der Waals surface area contributed by atoms with E-state index in [9.17, 15) is 28.6 Å². The molecule has 7 nitrogen and oxygen atoms in total. The van der Waals surface area contributed by atoms with E-state index >= 15 is 0 Å². The topological polar surface area (TPSA) is 100.0 Å². The quantitative estimate of drug-likeness (QED) is 0.208. The highest BCUT2D eigenvalue weighted by Gasteiger charge is 2.48. The normalized spacial score (nSPS) is 17.1. The standard InChI is InChI=1S/C27H20F2N2O5S/c1-12-9-19(36-3)13(2)8-17(12)24(33)21-23(14-4-6-16(32)7-5-14)31(26(35)25(21)34)27-30-22-18(29)10-15(28)11-20(22)37-27/h4-11,23,32-33H,1-3H3/b24-21+. The van der Waals surface area contributed by atoms with Crippen LogP contribution in [0.2, 0.25) is 0 Å². The average Bonchev–Trinajstić information content (AvgIpc) is 3.39. The van der Waals surface area contributed by atoms with Crippen LogP contribution in [0, 0.1) is 25.5 Å². The molecule has 0 radical (unpaired) electrons. The minimum Gasteiger partial charge on any atom is -0.508 e. The van der Waals surface area contributed by atoms with Gasteiger partial charge in [0.05, 0.1) is 23.4 Å². The van der Waals surface area contributed by atoms with Crippen molar-refractivity contribution in [3.05, 3.63) is 88.0 Å². The Hall–Kier alpha value is -4.31. The molecule has 1 atom stereocenters. The molecule has 1 saturated heterocycles. The summed E-state index contributed by atoms with van der Waals surface area (Å²) in [6, 6.07) is 9.77. The number of carbonyl (C=O) groups is 2. The number of benzene rings is 3. The van der Waals surface area contributed by atoms with Crippen molar-refractivity contribution in [1.82, 2.24) is 4.98 Å². The van der Waals surface area contributed by atoms with Gasteiger partial charge in [-0.15, -0.1) is 0 Å². The number of thiazole rings is 1. The van der Waals surface area contributed by atoms with E-state index in [-0.39, 0.29) is 26.7 Å². The van der Waals surface area contributed by atoms with E-state index < -0.39 is 35.1 Å². The number of Topliss-reactive ketones (excluding diaryl/α,β-unsaturated/α-hetero) is 1. The van der Waals surface area contributed by atoms with Crippen molar-refractivity contribution in [3.8, 4) is 11.5 Å². The maximum Gasteiger partial charge on any atom is 0.301 e. The SMILES string of the molecule is COc1cc(C)c(/C(O)=C2\C(=O)C(=O)N(c3nc4c(F)cc(F)cc4s3)C2c2ccc(O)cc2)cc1C. The molecule has 1 amide bonds. The van der Waals surface area contributed by atoms with Gasteiger partial charge in [-0.2, -0.15) is 0 Å². The molecule has 5 rings (SSSR count). The number of ketones is 1. The minimum absolute atomic E-state index is 0.0404. The van der Waals surface area contributed by atoms with E-state index in [2.05, 4.69) is 4.98 Å². The lowest BCUT2D eigenvalue weighted by Gasteiger charge is -2.23. The van der Waals surface area contributed by atoms with Crippen LogP contribution < -0.4 is 9.64 Å². The summed E-state index contributed by atoms with van der Waals surface area (Å²) in [7, 11) is 1.52. The highest BCUT2D eigenvalue weighted by molar-refractivity contribution is 7.22. The lowest BCUT2D eigenvalue weighted by Crippen LogP contribution is -2.29. The van der Waals surface area contributed by atoms with Gasteiger partial charge >= 0.3 is 5.91 Å². The number of rotatable bonds is 4. The number of aliphatic hydroxyl groups is 1. The molecule has 2 heterocycles. The maximum absolute atomic E-state index is 14.4. The van der Waals surface area contributed by atoms with Crippen LogP contribution in [-0.4, -0.2) is 34.0 Å². The minimum atomic E-state index is -1.14. The smallest absolute Gasteiger partial charge is 0.301 e. The monoisotopic (exact) mass is 522 g/mol. The number of hydrogen-bond acceptors (Lipinski definition) is 7. The highest BCUT2D eigenvalue weighted by Crippen LogP contribution is 2.45. The van der Waals surface area contributed by atoms with Crippen molar-refractivity contribution in [2.24, 2.45) is 0 Å². The molecule has 37 heavy (non-hydrogen) atoms. The van der Waals surface area contributed by atoms with Crippen molar-refractivity contribution in [1.29, 1.82) is 0 Å². The lowest BCUT2D eigenvalue weighted by molar-refractivity contribution is -0.132. The van der Waals surface area contributed by atoms with Crippen LogP contribution in [0.3, 0.4) is 0 Å². The summed E-state index contributed by atoms with van der Waals surface area (Å²) in [5.41, 5.74) is 1.69. The van der Waals surface area contributed by atoms with Crippen molar-refractivity contribution >= 4 is 44.1 Å². The van der Waals surface area contributed by atoms with Gasteiger partial charge in [-0.3, -0.25) is 14.5 Å². The van der Waals surface area contributed by atoms with Crippen LogP contribution in [0.25, 0.3) is 16.0 Å². The number of anilines is 1. The summed E-state index contributed by atoms with van der Waals surface area (Å²) in [6.07, 6.45) is 0. The third-order valence-electron chi connectivity index (χ3n) is 6.26. The molecule has 0 bridgehead atoms. The lowest BCUT2D eigenvalue weighted by atomic mass is 9.93. The second kappa shape index (κ2) is 8.97. The zero-order valence-corrected chi connectivity index (χ0v) is 20.7. The Bertz CT molecular complexity index is 1630. The second-order valence-corrected chi connectivity index (χ2v) is 9.64. The number of halogens is 2. The predicted molar refractivity (Wildman–Crippen MR) is 135 cm³/mol. The van der Waals surface area contributed by atoms with E-state index in [0.717, 1.165) is 22.3 Å². The van der Waals surface area contributed by atoms with Gasteiger partial charge in [0.1, 0.15) is 28.6 Å². The first-order chi connectivity index (χ1) is 17.6. The number of nitrogens with zero attached hydrogens (tertiary/aromatic N) is 2. The first-order valence-corrected chi connectivity index (χ1v) is 11.9. The zero-order chi connectivity index (χ0) is 26.6. The molecule has 1 fully saturated rings. The molecule has 1 unspecified atom stereocenters. The number of hydrogen-bond donors (Lipinski definition) is 2. The third-order valence-corrected chi connectivity index (χ3v) is 7.26. The number of carbonyl (C=O) groups excluding carboxylic acids is 2. The number of aliphatic hydroxyl groups excluding tert-OH is 1. The van der Waals surface area contributed by atoms with E-state index in [4.69, 9.17) is 4.74 Å². The molecule has 2 N–H and O–H groups in total. The Kier molecular flexibility index (Phi) is 5.91. The fourth-order valence-corrected chi connectivity index (χ4v) is 5.49. The number of methoxy groups -OCH3 is 1. The molecule has 0 spiro atoms. The summed E-state index contributed by atoms with van der Waals surface area (Å²) in [5, 5.41) is 21.2. The Balaban J connectivity index is 1.76. The number of amides is 1. The van der Waals surface area contributed by atoms with Gasteiger partial charge < -0.3 is 14.9 Å². The van der Waals surface area contributed by atoms with Gasteiger partial charge in [0, 0.05) is 11.6 Å². The molecule has 0 saturated carbocycles. The largest absolute Gasteiger partial charge is 0.508 e. The zero-order valence-electron chi connectivity index (χ0n) is 19.9. The Morgan fingerprint density at radius 2 is 1.76 bits per heavy atom. The molecular weight excluding hydrogens is 502 g/mol. The van der Waals surface area contributed by atoms with Crippen LogP contribution >= 0.6 is 11.3 Å². The van der Waals surface area contributed by atoms with Crippen LogP contribution in [0.15, 0.2) is 54.1 Å². The molecule has 4 aromatic rings. The molecule has 10 heteroatoms. The van der Waals surface area contributed by atoms with Gasteiger partial charge in [-0.25, -0.2) is 13.8 Å². The molecule has 3 aromatic carbocycles. The molecular formula is C27H20F2N2O5S. The van der Waals surface area contributed by atoms with Crippen molar-refractivity contribution in [2.75, 3.05) is 12.0 Å². The van der Waals surface area contributed by atoms with Crippen LogP contribution in [0.4, 0.5) is 13.9 Å². The van der Waals surface area contributed by atoms with Gasteiger partial charge in [-0.05, 0) is 60.9 Å².